The van der Waals surface area contributed by atoms with Crippen LogP contribution in [0.2, 0.25) is 0 Å². The van der Waals surface area contributed by atoms with Gasteiger partial charge in [-0.15, -0.1) is 5.11 Å². The highest BCUT2D eigenvalue weighted by Gasteiger charge is 2.24. The summed E-state index contributed by atoms with van der Waals surface area (Å²) in [6.07, 6.45) is 0. The van der Waals surface area contributed by atoms with Crippen molar-refractivity contribution < 1.29 is 28.3 Å². The normalized spacial score (nSPS) is 10.7. The molecule has 0 amide bonds. The first-order valence-corrected chi connectivity index (χ1v) is 7.19. The summed E-state index contributed by atoms with van der Waals surface area (Å²) in [4.78, 5) is 10.1. The molecule has 2 aromatic rings. The van der Waals surface area contributed by atoms with Gasteiger partial charge in [-0.3, -0.25) is 10.1 Å². The average Bonchev–Trinajstić information content (AvgIpc) is 2.65. The molecule has 0 atom stereocenters. The summed E-state index contributed by atoms with van der Waals surface area (Å²) in [5.74, 6) is -0.325. The second-order valence-electron chi connectivity index (χ2n) is 4.79. The number of nitro groups is 1. The highest BCUT2D eigenvalue weighted by molar-refractivity contribution is 5.61. The van der Waals surface area contributed by atoms with Gasteiger partial charge in [-0.25, -0.2) is 0 Å². The van der Waals surface area contributed by atoms with Crippen molar-refractivity contribution in [3.63, 3.8) is 0 Å². The molecular formula is C16H16FN3O6. The van der Waals surface area contributed by atoms with E-state index in [4.69, 9.17) is 18.9 Å². The van der Waals surface area contributed by atoms with Crippen LogP contribution in [0.5, 0.6) is 23.0 Å². The van der Waals surface area contributed by atoms with Crippen LogP contribution in [0.25, 0.3) is 0 Å². The van der Waals surface area contributed by atoms with E-state index in [-0.39, 0.29) is 17.1 Å². The van der Waals surface area contributed by atoms with Gasteiger partial charge in [0.25, 0.3) is 0 Å². The summed E-state index contributed by atoms with van der Waals surface area (Å²) in [6, 6.07) is 5.47. The molecule has 0 aromatic heterocycles. The molecule has 26 heavy (non-hydrogen) atoms. The van der Waals surface area contributed by atoms with Gasteiger partial charge in [-0.2, -0.15) is 9.50 Å². The van der Waals surface area contributed by atoms with Crippen LogP contribution in [0.3, 0.4) is 0 Å². The van der Waals surface area contributed by atoms with E-state index >= 15 is 0 Å². The van der Waals surface area contributed by atoms with Crippen LogP contribution in [0.4, 0.5) is 21.5 Å². The third-order valence-electron chi connectivity index (χ3n) is 3.38. The third-order valence-corrected chi connectivity index (χ3v) is 3.38. The van der Waals surface area contributed by atoms with E-state index in [1.807, 2.05) is 0 Å². The van der Waals surface area contributed by atoms with E-state index in [2.05, 4.69) is 10.2 Å². The Morgan fingerprint density at radius 2 is 1.50 bits per heavy atom. The lowest BCUT2D eigenvalue weighted by Crippen LogP contribution is -1.97. The molecule has 0 aliphatic rings. The zero-order valence-electron chi connectivity index (χ0n) is 14.5. The monoisotopic (exact) mass is 365 g/mol. The van der Waals surface area contributed by atoms with Gasteiger partial charge in [-0.1, -0.05) is 0 Å². The maximum atomic E-state index is 14.3. The van der Waals surface area contributed by atoms with Crippen molar-refractivity contribution in [3.05, 3.63) is 40.2 Å². The molecule has 138 valence electrons. The van der Waals surface area contributed by atoms with Gasteiger partial charge in [0, 0.05) is 12.1 Å². The Bertz CT molecular complexity index is 831. The Labute approximate surface area is 148 Å². The van der Waals surface area contributed by atoms with Gasteiger partial charge in [0.2, 0.25) is 11.6 Å². The fourth-order valence-electron chi connectivity index (χ4n) is 2.18. The number of hydrogen-bond donors (Lipinski definition) is 0. The van der Waals surface area contributed by atoms with Gasteiger partial charge in [0.1, 0.15) is 5.69 Å². The Morgan fingerprint density at radius 3 is 1.96 bits per heavy atom. The molecule has 9 nitrogen and oxygen atoms in total. The second-order valence-corrected chi connectivity index (χ2v) is 4.79. The largest absolute Gasteiger partial charge is 0.493 e. The maximum absolute atomic E-state index is 14.3. The van der Waals surface area contributed by atoms with E-state index in [0.717, 1.165) is 0 Å². The Hall–Kier alpha value is -3.43. The second kappa shape index (κ2) is 8.10. The number of azo groups is 1. The minimum Gasteiger partial charge on any atom is -0.493 e. The van der Waals surface area contributed by atoms with Gasteiger partial charge < -0.3 is 18.9 Å². The van der Waals surface area contributed by atoms with E-state index in [1.165, 1.54) is 52.7 Å². The van der Waals surface area contributed by atoms with E-state index in [9.17, 15) is 14.5 Å². The molecule has 2 rings (SSSR count). The third kappa shape index (κ3) is 3.63. The molecule has 10 heteroatoms. The molecule has 0 unspecified atom stereocenters. The Balaban J connectivity index is 2.48. The Morgan fingerprint density at radius 1 is 0.923 bits per heavy atom. The molecule has 2 aromatic carbocycles. The molecule has 0 aliphatic heterocycles. The lowest BCUT2D eigenvalue weighted by atomic mass is 10.2. The first-order chi connectivity index (χ1) is 12.5. The van der Waals surface area contributed by atoms with Crippen molar-refractivity contribution in [2.75, 3.05) is 28.4 Å². The van der Waals surface area contributed by atoms with E-state index < -0.39 is 16.4 Å². The molecule has 0 fully saturated rings. The topological polar surface area (TPSA) is 105 Å². The molecule has 0 saturated heterocycles. The molecule has 0 radical (unpaired) electrons. The number of rotatable bonds is 7. The highest BCUT2D eigenvalue weighted by Crippen LogP contribution is 2.42. The first kappa shape index (κ1) is 18.9. The van der Waals surface area contributed by atoms with Crippen LogP contribution in [0.15, 0.2) is 34.5 Å². The number of ether oxygens (including phenoxy) is 4. The van der Waals surface area contributed by atoms with Gasteiger partial charge >= 0.3 is 5.69 Å². The van der Waals surface area contributed by atoms with Crippen molar-refractivity contribution >= 4 is 17.1 Å². The summed E-state index contributed by atoms with van der Waals surface area (Å²) in [7, 11) is 5.53. The summed E-state index contributed by atoms with van der Waals surface area (Å²) in [6.45, 7) is 0. The van der Waals surface area contributed by atoms with Crippen molar-refractivity contribution in [1.82, 2.24) is 0 Å². The summed E-state index contributed by atoms with van der Waals surface area (Å²) >= 11 is 0. The number of halogens is 1. The van der Waals surface area contributed by atoms with Crippen molar-refractivity contribution in [3.8, 4) is 23.0 Å². The van der Waals surface area contributed by atoms with Crippen molar-refractivity contribution in [2.45, 2.75) is 0 Å². The van der Waals surface area contributed by atoms with E-state index in [1.54, 1.807) is 0 Å². The molecule has 0 spiro atoms. The van der Waals surface area contributed by atoms with Crippen LogP contribution < -0.4 is 18.9 Å². The fraction of sp³-hybridized carbons (Fsp3) is 0.250. The van der Waals surface area contributed by atoms with Crippen LogP contribution in [-0.4, -0.2) is 33.4 Å². The van der Waals surface area contributed by atoms with Gasteiger partial charge in [0.05, 0.1) is 39.0 Å². The minimum absolute atomic E-state index is 0.209. The van der Waals surface area contributed by atoms with Crippen LogP contribution in [-0.2, 0) is 0 Å². The van der Waals surface area contributed by atoms with Crippen LogP contribution >= 0.6 is 0 Å². The van der Waals surface area contributed by atoms with Gasteiger partial charge in [-0.05, 0) is 12.1 Å². The average molecular weight is 365 g/mol. The van der Waals surface area contributed by atoms with Crippen LogP contribution in [0, 0.1) is 15.9 Å². The number of hydrogen-bond acceptors (Lipinski definition) is 8. The van der Waals surface area contributed by atoms with Crippen molar-refractivity contribution in [2.24, 2.45) is 10.2 Å². The highest BCUT2D eigenvalue weighted by atomic mass is 19.1. The summed E-state index contributed by atoms with van der Waals surface area (Å²) < 4.78 is 34.7. The zero-order valence-corrected chi connectivity index (χ0v) is 14.5. The number of benzene rings is 2. The smallest absolute Gasteiger partial charge is 0.348 e. The SMILES string of the molecule is COc1cc(N=Nc2ccc(OC)c([N+](=O)[O-])c2F)cc(OC)c1OC. The van der Waals surface area contributed by atoms with Gasteiger partial charge in [0.15, 0.2) is 17.2 Å². The Kier molecular flexibility index (Phi) is 5.89. The lowest BCUT2D eigenvalue weighted by molar-refractivity contribution is -0.388. The fourth-order valence-corrected chi connectivity index (χ4v) is 2.18. The predicted octanol–water partition coefficient (Wildman–Crippen LogP) is 4.18. The quantitative estimate of drug-likeness (QED) is 0.414. The number of nitrogens with zero attached hydrogens (tertiary/aromatic N) is 3. The standard InChI is InChI=1S/C16H16FN3O6/c1-23-11-6-5-10(14(17)15(11)20(21)22)19-18-9-7-12(24-2)16(26-4)13(8-9)25-3/h5-8H,1-4H3. The molecule has 0 N–H and O–H groups in total. The summed E-state index contributed by atoms with van der Waals surface area (Å²) in [5.41, 5.74) is -0.850. The number of methoxy groups -OCH3 is 4. The van der Waals surface area contributed by atoms with Crippen molar-refractivity contribution in [1.29, 1.82) is 0 Å². The molecule has 0 heterocycles. The maximum Gasteiger partial charge on any atom is 0.348 e. The zero-order chi connectivity index (χ0) is 19.3. The molecule has 0 aliphatic carbocycles. The van der Waals surface area contributed by atoms with Crippen LogP contribution in [0.1, 0.15) is 0 Å². The molecule has 0 saturated carbocycles. The molecular weight excluding hydrogens is 349 g/mol. The summed E-state index contributed by atoms with van der Waals surface area (Å²) in [5, 5.41) is 18.7. The predicted molar refractivity (Wildman–Crippen MR) is 89.9 cm³/mol. The number of nitro benzene ring substituents is 1. The van der Waals surface area contributed by atoms with E-state index in [0.29, 0.717) is 17.2 Å². The first-order valence-electron chi connectivity index (χ1n) is 7.19. The lowest BCUT2D eigenvalue weighted by Gasteiger charge is -2.12. The minimum atomic E-state index is -1.15. The molecule has 0 bridgehead atoms.